The van der Waals surface area contributed by atoms with Gasteiger partial charge in [0, 0.05) is 12.5 Å². The van der Waals surface area contributed by atoms with Gasteiger partial charge in [-0.3, -0.25) is 4.57 Å². The molecular formula is C31H36N8O4. The Labute approximate surface area is 249 Å². The number of aryl methyl sites for hydroxylation is 1. The van der Waals surface area contributed by atoms with Crippen LogP contribution in [0.2, 0.25) is 0 Å². The molecule has 0 bridgehead atoms. The van der Waals surface area contributed by atoms with E-state index in [9.17, 15) is 10.2 Å². The van der Waals surface area contributed by atoms with E-state index in [-0.39, 0.29) is 17.8 Å². The van der Waals surface area contributed by atoms with Gasteiger partial charge in [-0.15, -0.1) is 0 Å². The fraction of sp³-hybridized carbons (Fsp3) is 0.355. The van der Waals surface area contributed by atoms with Crippen LogP contribution in [0.5, 0.6) is 0 Å². The quantitative estimate of drug-likeness (QED) is 0.190. The highest BCUT2D eigenvalue weighted by atomic mass is 16.6. The number of aliphatic hydroxyl groups is 2. The molecule has 4 atom stereocenters. The molecule has 7 rings (SSSR count). The maximum Gasteiger partial charge on any atom is 0.226 e. The third-order valence-corrected chi connectivity index (χ3v) is 7.67. The lowest BCUT2D eigenvalue weighted by atomic mass is 9.91. The topological polar surface area (TPSA) is 169 Å². The molecule has 0 radical (unpaired) electrons. The fourth-order valence-electron chi connectivity index (χ4n) is 5.46. The van der Waals surface area contributed by atoms with E-state index < -0.39 is 24.5 Å². The molecule has 0 amide bonds. The van der Waals surface area contributed by atoms with Gasteiger partial charge in [-0.25, -0.2) is 9.97 Å². The Morgan fingerprint density at radius 1 is 0.977 bits per heavy atom. The van der Waals surface area contributed by atoms with Gasteiger partial charge < -0.3 is 35.7 Å². The van der Waals surface area contributed by atoms with Crippen LogP contribution in [0.3, 0.4) is 0 Å². The summed E-state index contributed by atoms with van der Waals surface area (Å²) < 4.78 is 13.0. The van der Waals surface area contributed by atoms with Gasteiger partial charge in [0.15, 0.2) is 29.3 Å². The van der Waals surface area contributed by atoms with Gasteiger partial charge in [0.25, 0.3) is 0 Å². The van der Waals surface area contributed by atoms with Crippen LogP contribution in [0.4, 0.5) is 11.8 Å². The second kappa shape index (κ2) is 12.9. The van der Waals surface area contributed by atoms with E-state index in [1.165, 1.54) is 43.0 Å². The normalized spacial score (nSPS) is 21.7. The molecule has 2 aliphatic heterocycles. The van der Waals surface area contributed by atoms with Gasteiger partial charge in [-0.05, 0) is 44.0 Å². The summed E-state index contributed by atoms with van der Waals surface area (Å²) in [6.45, 7) is 4.77. The molecule has 2 unspecified atom stereocenters. The number of nitrogens with two attached hydrogens (primary N) is 1. The third-order valence-electron chi connectivity index (χ3n) is 7.67. The first-order valence-corrected chi connectivity index (χ1v) is 14.5. The van der Waals surface area contributed by atoms with Crippen LogP contribution in [0.1, 0.15) is 53.9 Å². The van der Waals surface area contributed by atoms with Crippen molar-refractivity contribution in [3.8, 4) is 0 Å². The standard InChI is InChI=1S/C27H27N7O4.C4H9N/c1-15-12-30-25(37-15)22-20(35)21(36)26(38-22)34-14-31-19-23(32-27(28)33-24(19)34)29-13-18(16-8-4-2-5-9-16)17-10-6-3-7-11-17;1-2-4-5-3-1/h2-12,14,18,20-22,26,35-36H,13H2,1H3,(H3,28,29,32,33);5H,1-4H2/t20-,21+,22?,26?;/m0./s1. The molecule has 43 heavy (non-hydrogen) atoms. The molecule has 224 valence electrons. The molecule has 6 N–H and O–H groups in total. The predicted molar refractivity (Wildman–Crippen MR) is 161 cm³/mol. The van der Waals surface area contributed by atoms with Gasteiger partial charge in [0.05, 0.1) is 12.5 Å². The highest BCUT2D eigenvalue weighted by molar-refractivity contribution is 5.84. The number of aliphatic hydroxyl groups excluding tert-OH is 2. The summed E-state index contributed by atoms with van der Waals surface area (Å²) >= 11 is 0. The second-order valence-electron chi connectivity index (χ2n) is 10.7. The van der Waals surface area contributed by atoms with Crippen LogP contribution in [0.15, 0.2) is 77.6 Å². The number of ether oxygens (including phenoxy) is 1. The summed E-state index contributed by atoms with van der Waals surface area (Å²) in [6.07, 6.45) is 1.32. The van der Waals surface area contributed by atoms with Crippen molar-refractivity contribution in [1.82, 2.24) is 29.8 Å². The van der Waals surface area contributed by atoms with Gasteiger partial charge in [0.2, 0.25) is 11.8 Å². The first kappa shape index (κ1) is 28.7. The summed E-state index contributed by atoms with van der Waals surface area (Å²) in [6, 6.07) is 20.4. The molecule has 2 aliphatic rings. The van der Waals surface area contributed by atoms with E-state index in [1.807, 2.05) is 36.4 Å². The van der Waals surface area contributed by atoms with E-state index in [4.69, 9.17) is 14.9 Å². The molecule has 12 nitrogen and oxygen atoms in total. The fourth-order valence-corrected chi connectivity index (χ4v) is 5.46. The molecule has 2 aromatic carbocycles. The Kier molecular flexibility index (Phi) is 8.61. The van der Waals surface area contributed by atoms with Crippen LogP contribution in [0, 0.1) is 6.92 Å². The lowest BCUT2D eigenvalue weighted by Gasteiger charge is -2.20. The largest absolute Gasteiger partial charge is 0.443 e. The lowest BCUT2D eigenvalue weighted by molar-refractivity contribution is -0.0438. The molecule has 2 fully saturated rings. The highest BCUT2D eigenvalue weighted by Crippen LogP contribution is 2.40. The molecule has 2 saturated heterocycles. The smallest absolute Gasteiger partial charge is 0.226 e. The molecule has 5 heterocycles. The SMILES string of the molecule is C1CCNC1.Cc1cnc(C2OC(n3cnc4c(NCC(c5ccccc5)c5ccccc5)nc(N)nc43)[C@H](O)[C@@H]2O)o1. The Bertz CT molecular complexity index is 1580. The summed E-state index contributed by atoms with van der Waals surface area (Å²) in [5, 5.41) is 28.1. The number of rotatable bonds is 7. The van der Waals surface area contributed by atoms with Crippen LogP contribution >= 0.6 is 0 Å². The van der Waals surface area contributed by atoms with Crippen LogP contribution < -0.4 is 16.4 Å². The van der Waals surface area contributed by atoms with Gasteiger partial charge in [-0.1, -0.05) is 60.7 Å². The number of anilines is 2. The zero-order chi connectivity index (χ0) is 29.8. The Morgan fingerprint density at radius 3 is 2.23 bits per heavy atom. The number of imidazole rings is 1. The molecule has 0 saturated carbocycles. The van der Waals surface area contributed by atoms with Crippen molar-refractivity contribution in [2.75, 3.05) is 30.7 Å². The first-order valence-electron chi connectivity index (χ1n) is 14.5. The average Bonchev–Trinajstić information content (AvgIpc) is 3.85. The number of hydrogen-bond donors (Lipinski definition) is 5. The number of nitrogen functional groups attached to an aromatic ring is 1. The van der Waals surface area contributed by atoms with Gasteiger partial charge in [-0.2, -0.15) is 9.97 Å². The second-order valence-corrected chi connectivity index (χ2v) is 10.7. The highest BCUT2D eigenvalue weighted by Gasteiger charge is 2.47. The van der Waals surface area contributed by atoms with Crippen molar-refractivity contribution in [3.63, 3.8) is 0 Å². The van der Waals surface area contributed by atoms with Crippen LogP contribution in [0.25, 0.3) is 11.2 Å². The number of nitrogens with zero attached hydrogens (tertiary/aromatic N) is 5. The number of benzene rings is 2. The van der Waals surface area contributed by atoms with E-state index in [2.05, 4.69) is 54.8 Å². The Balaban J connectivity index is 0.000000599. The number of aromatic nitrogens is 5. The minimum absolute atomic E-state index is 0.0330. The predicted octanol–water partition coefficient (Wildman–Crippen LogP) is 3.31. The zero-order valence-corrected chi connectivity index (χ0v) is 23.9. The number of fused-ring (bicyclic) bond motifs is 1. The van der Waals surface area contributed by atoms with E-state index in [0.29, 0.717) is 29.3 Å². The lowest BCUT2D eigenvalue weighted by Crippen LogP contribution is -2.29. The summed E-state index contributed by atoms with van der Waals surface area (Å²) in [5.41, 5.74) is 9.20. The minimum atomic E-state index is -1.28. The first-order chi connectivity index (χ1) is 21.0. The molecule has 0 aliphatic carbocycles. The van der Waals surface area contributed by atoms with E-state index >= 15 is 0 Å². The molecule has 5 aromatic rings. The number of oxazole rings is 1. The monoisotopic (exact) mass is 584 g/mol. The molecule has 0 spiro atoms. The summed E-state index contributed by atoms with van der Waals surface area (Å²) in [4.78, 5) is 17.4. The Morgan fingerprint density at radius 2 is 1.65 bits per heavy atom. The maximum atomic E-state index is 10.8. The van der Waals surface area contributed by atoms with E-state index in [0.717, 1.165) is 11.1 Å². The maximum absolute atomic E-state index is 10.8. The van der Waals surface area contributed by atoms with Crippen molar-refractivity contribution in [2.45, 2.75) is 50.2 Å². The average molecular weight is 585 g/mol. The van der Waals surface area contributed by atoms with Crippen LogP contribution in [-0.2, 0) is 4.74 Å². The summed E-state index contributed by atoms with van der Waals surface area (Å²) in [5.74, 6) is 1.29. The van der Waals surface area contributed by atoms with Crippen molar-refractivity contribution in [1.29, 1.82) is 0 Å². The number of nitrogens with one attached hydrogen (secondary N) is 2. The molecule has 12 heteroatoms. The summed E-state index contributed by atoms with van der Waals surface area (Å²) in [7, 11) is 0. The Hall–Kier alpha value is -4.36. The van der Waals surface area contributed by atoms with Gasteiger partial charge in [0.1, 0.15) is 18.0 Å². The van der Waals surface area contributed by atoms with Crippen molar-refractivity contribution in [2.24, 2.45) is 0 Å². The van der Waals surface area contributed by atoms with E-state index in [1.54, 1.807) is 6.92 Å². The zero-order valence-electron chi connectivity index (χ0n) is 23.9. The van der Waals surface area contributed by atoms with Crippen LogP contribution in [-0.4, -0.2) is 66.6 Å². The number of hydrogen-bond acceptors (Lipinski definition) is 11. The van der Waals surface area contributed by atoms with Gasteiger partial charge >= 0.3 is 0 Å². The minimum Gasteiger partial charge on any atom is -0.443 e. The van der Waals surface area contributed by atoms with Crippen molar-refractivity contribution < 1.29 is 19.4 Å². The van der Waals surface area contributed by atoms with Crippen molar-refractivity contribution in [3.05, 3.63) is 96.0 Å². The van der Waals surface area contributed by atoms with Crippen molar-refractivity contribution >= 4 is 22.9 Å². The molecule has 3 aromatic heterocycles. The molecular weight excluding hydrogens is 548 g/mol. The third kappa shape index (κ3) is 6.22.